The lowest BCUT2D eigenvalue weighted by Crippen LogP contribution is -2.42. The van der Waals surface area contributed by atoms with E-state index in [4.69, 9.17) is 9.51 Å². The number of aromatic nitrogens is 5. The van der Waals surface area contributed by atoms with Gasteiger partial charge in [0.25, 0.3) is 0 Å². The van der Waals surface area contributed by atoms with Crippen molar-refractivity contribution < 1.29 is 8.91 Å². The van der Waals surface area contributed by atoms with E-state index in [0.717, 1.165) is 55.5 Å². The molecule has 6 rings (SSSR count). The van der Waals surface area contributed by atoms with Gasteiger partial charge in [-0.15, -0.1) is 0 Å². The maximum atomic E-state index is 14.2. The van der Waals surface area contributed by atoms with E-state index in [1.807, 2.05) is 4.40 Å². The first kappa shape index (κ1) is 18.7. The summed E-state index contributed by atoms with van der Waals surface area (Å²) in [6, 6.07) is 5.15. The molecule has 1 saturated carbocycles. The molecule has 1 aromatic carbocycles. The number of imidazole rings is 1. The van der Waals surface area contributed by atoms with E-state index in [-0.39, 0.29) is 5.82 Å². The summed E-state index contributed by atoms with van der Waals surface area (Å²) in [6.07, 6.45) is 5.96. The molecule has 1 saturated heterocycles. The Kier molecular flexibility index (Phi) is 4.21. The van der Waals surface area contributed by atoms with Crippen LogP contribution in [0.5, 0.6) is 0 Å². The molecule has 0 radical (unpaired) electrons. The zero-order valence-corrected chi connectivity index (χ0v) is 17.6. The molecule has 0 amide bonds. The molecule has 0 N–H and O–H groups in total. The maximum absolute atomic E-state index is 14.2. The highest BCUT2D eigenvalue weighted by Gasteiger charge is 2.31. The number of hydrogen-bond donors (Lipinski definition) is 0. The molecule has 1 aliphatic heterocycles. The van der Waals surface area contributed by atoms with Crippen molar-refractivity contribution in [1.82, 2.24) is 29.4 Å². The number of rotatable bonds is 4. The second kappa shape index (κ2) is 6.98. The number of nitrogens with zero attached hydrogens (tertiary/aromatic N) is 7. The van der Waals surface area contributed by atoms with E-state index >= 15 is 0 Å². The smallest absolute Gasteiger partial charge is 0.230 e. The molecule has 160 valence electrons. The minimum atomic E-state index is -0.278. The molecule has 4 aromatic rings. The highest BCUT2D eigenvalue weighted by atomic mass is 19.1. The third-order valence-corrected chi connectivity index (χ3v) is 6.56. The molecule has 8 nitrogen and oxygen atoms in total. The monoisotopic (exact) mass is 421 g/mol. The summed E-state index contributed by atoms with van der Waals surface area (Å²) in [4.78, 5) is 18.6. The quantitative estimate of drug-likeness (QED) is 0.499. The van der Waals surface area contributed by atoms with Crippen LogP contribution < -0.4 is 4.90 Å². The fourth-order valence-electron chi connectivity index (χ4n) is 4.49. The average molecular weight is 421 g/mol. The fraction of sp³-hybridized carbons (Fsp3) is 0.455. The van der Waals surface area contributed by atoms with Gasteiger partial charge in [-0.3, -0.25) is 4.40 Å². The van der Waals surface area contributed by atoms with Crippen molar-refractivity contribution in [3.05, 3.63) is 36.2 Å². The first-order chi connectivity index (χ1) is 15.1. The summed E-state index contributed by atoms with van der Waals surface area (Å²) in [7, 11) is 4.19. The Morgan fingerprint density at radius 3 is 2.71 bits per heavy atom. The van der Waals surface area contributed by atoms with Gasteiger partial charge in [-0.25, -0.2) is 14.4 Å². The van der Waals surface area contributed by atoms with Crippen LogP contribution in [0, 0.1) is 5.82 Å². The van der Waals surface area contributed by atoms with Gasteiger partial charge in [-0.1, -0.05) is 5.16 Å². The summed E-state index contributed by atoms with van der Waals surface area (Å²) in [5, 5.41) is 4.92. The van der Waals surface area contributed by atoms with Gasteiger partial charge in [0.1, 0.15) is 18.0 Å². The minimum absolute atomic E-state index is 0.278. The van der Waals surface area contributed by atoms with Crippen LogP contribution in [0.25, 0.3) is 28.1 Å². The van der Waals surface area contributed by atoms with Crippen molar-refractivity contribution in [1.29, 1.82) is 0 Å². The highest BCUT2D eigenvalue weighted by Crippen LogP contribution is 2.40. The molecule has 0 bridgehead atoms. The molecule has 9 heteroatoms. The summed E-state index contributed by atoms with van der Waals surface area (Å²) < 4.78 is 21.5. The summed E-state index contributed by atoms with van der Waals surface area (Å²) in [5.74, 6) is 1.97. The third kappa shape index (κ3) is 3.15. The number of fused-ring (bicyclic) bond motifs is 3. The van der Waals surface area contributed by atoms with Crippen LogP contribution in [0.15, 0.2) is 29.0 Å². The topological polar surface area (TPSA) is 75.6 Å². The second-order valence-electron chi connectivity index (χ2n) is 8.76. The number of piperidine rings is 1. The molecule has 2 fully saturated rings. The van der Waals surface area contributed by atoms with E-state index in [1.165, 1.54) is 6.07 Å². The molecule has 0 atom stereocenters. The molecule has 0 spiro atoms. The molecular formula is C22H24FN7O. The Balaban J connectivity index is 1.51. The molecular weight excluding hydrogens is 397 g/mol. The second-order valence-corrected chi connectivity index (χ2v) is 8.76. The molecule has 4 heterocycles. The van der Waals surface area contributed by atoms with Gasteiger partial charge < -0.3 is 14.3 Å². The van der Waals surface area contributed by atoms with E-state index in [1.54, 1.807) is 18.5 Å². The van der Waals surface area contributed by atoms with E-state index in [2.05, 4.69) is 39.0 Å². The molecule has 0 unspecified atom stereocenters. The largest absolute Gasteiger partial charge is 0.356 e. The zero-order valence-electron chi connectivity index (χ0n) is 17.6. The Hall–Kier alpha value is -3.07. The Morgan fingerprint density at radius 1 is 1.13 bits per heavy atom. The number of likely N-dealkylation sites (tertiary alicyclic amines) is 1. The normalized spacial score (nSPS) is 18.3. The van der Waals surface area contributed by atoms with Crippen molar-refractivity contribution in [2.45, 2.75) is 37.6 Å². The van der Waals surface area contributed by atoms with E-state index in [0.29, 0.717) is 35.0 Å². The molecule has 1 aliphatic carbocycles. The van der Waals surface area contributed by atoms with Crippen molar-refractivity contribution in [3.63, 3.8) is 0 Å². The van der Waals surface area contributed by atoms with Crippen molar-refractivity contribution in [2.75, 3.05) is 32.1 Å². The van der Waals surface area contributed by atoms with Crippen LogP contribution in [0.3, 0.4) is 0 Å². The van der Waals surface area contributed by atoms with Gasteiger partial charge in [0.2, 0.25) is 11.7 Å². The minimum Gasteiger partial charge on any atom is -0.356 e. The number of hydrogen-bond acceptors (Lipinski definition) is 7. The van der Waals surface area contributed by atoms with Crippen molar-refractivity contribution in [2.24, 2.45) is 0 Å². The van der Waals surface area contributed by atoms with Crippen LogP contribution in [0.2, 0.25) is 0 Å². The van der Waals surface area contributed by atoms with Crippen LogP contribution >= 0.6 is 0 Å². The van der Waals surface area contributed by atoms with E-state index in [9.17, 15) is 4.39 Å². The summed E-state index contributed by atoms with van der Waals surface area (Å²) in [6.45, 7) is 2.07. The standard InChI is InChI=1S/C22H24FN7O/c1-28-9-7-15(8-10-28)29(2)20-16-11-14(23)5-6-17(16)30-12-24-18(21(30)26-20)19-25-22(31-27-19)13-3-4-13/h5-6,11-13,15H,3-4,7-10H2,1-2H3. The van der Waals surface area contributed by atoms with Gasteiger partial charge in [0, 0.05) is 24.4 Å². The van der Waals surface area contributed by atoms with Gasteiger partial charge in [-0.05, 0) is 64.0 Å². The Bertz CT molecular complexity index is 1270. The lowest BCUT2D eigenvalue weighted by molar-refractivity contribution is 0.252. The van der Waals surface area contributed by atoms with E-state index < -0.39 is 0 Å². The number of benzene rings is 1. The third-order valence-electron chi connectivity index (χ3n) is 6.56. The van der Waals surface area contributed by atoms with Crippen LogP contribution in [0.4, 0.5) is 10.2 Å². The maximum Gasteiger partial charge on any atom is 0.230 e. The van der Waals surface area contributed by atoms with Crippen molar-refractivity contribution in [3.8, 4) is 11.5 Å². The molecule has 2 aliphatic rings. The first-order valence-electron chi connectivity index (χ1n) is 10.8. The molecule has 3 aromatic heterocycles. The number of anilines is 1. The predicted octanol–water partition coefficient (Wildman–Crippen LogP) is 3.48. The SMILES string of the molecule is CN1CCC(N(C)c2nc3c(-c4noc(C5CC5)n4)ncn3c3ccc(F)cc23)CC1. The van der Waals surface area contributed by atoms with Crippen LogP contribution in [-0.2, 0) is 0 Å². The highest BCUT2D eigenvalue weighted by molar-refractivity contribution is 5.93. The van der Waals surface area contributed by atoms with Crippen molar-refractivity contribution >= 4 is 22.4 Å². The lowest BCUT2D eigenvalue weighted by Gasteiger charge is -2.36. The Morgan fingerprint density at radius 2 is 1.94 bits per heavy atom. The summed E-state index contributed by atoms with van der Waals surface area (Å²) in [5.41, 5.74) is 2.09. The van der Waals surface area contributed by atoms with Gasteiger partial charge in [0.15, 0.2) is 11.3 Å². The van der Waals surface area contributed by atoms with Crippen LogP contribution in [0.1, 0.15) is 37.5 Å². The van der Waals surface area contributed by atoms with Gasteiger partial charge in [-0.2, -0.15) is 4.98 Å². The summed E-state index contributed by atoms with van der Waals surface area (Å²) >= 11 is 0. The zero-order chi connectivity index (χ0) is 21.1. The van der Waals surface area contributed by atoms with Crippen LogP contribution in [-0.4, -0.2) is 62.6 Å². The number of halogens is 1. The first-order valence-corrected chi connectivity index (χ1v) is 10.8. The van der Waals surface area contributed by atoms with Gasteiger partial charge >= 0.3 is 0 Å². The lowest BCUT2D eigenvalue weighted by atomic mass is 10.0. The Labute approximate surface area is 178 Å². The fourth-order valence-corrected chi connectivity index (χ4v) is 4.49. The van der Waals surface area contributed by atoms with Gasteiger partial charge in [0.05, 0.1) is 5.52 Å². The predicted molar refractivity (Wildman–Crippen MR) is 115 cm³/mol. The molecule has 31 heavy (non-hydrogen) atoms. The average Bonchev–Trinajstić information content (AvgIpc) is 3.35.